The van der Waals surface area contributed by atoms with Crippen LogP contribution in [-0.2, 0) is 11.2 Å². The number of nitrogens with one attached hydrogen (secondary N) is 1. The highest BCUT2D eigenvalue weighted by Gasteiger charge is 2.28. The molecule has 1 atom stereocenters. The minimum atomic E-state index is -0.330. The van der Waals surface area contributed by atoms with Gasteiger partial charge >= 0.3 is 0 Å². The van der Waals surface area contributed by atoms with E-state index in [1.807, 2.05) is 30.5 Å². The summed E-state index contributed by atoms with van der Waals surface area (Å²) in [6.07, 6.45) is 2.78. The molecule has 1 amide bonds. The first-order valence-corrected chi connectivity index (χ1v) is 7.84. The van der Waals surface area contributed by atoms with Gasteiger partial charge in [-0.05, 0) is 38.8 Å². The van der Waals surface area contributed by atoms with Gasteiger partial charge in [0.2, 0.25) is 5.91 Å². The number of carbonyl (C=O) groups is 1. The number of hydrogen-bond donors (Lipinski definition) is 1. The third-order valence-corrected chi connectivity index (χ3v) is 3.95. The average molecular weight is 307 g/mol. The number of nitrogens with zero attached hydrogens (tertiary/aromatic N) is 3. The van der Waals surface area contributed by atoms with Crippen molar-refractivity contribution in [3.63, 3.8) is 0 Å². The third-order valence-electron chi connectivity index (χ3n) is 3.76. The molecule has 112 valence electrons. The summed E-state index contributed by atoms with van der Waals surface area (Å²) in [5.74, 6) is 1.31. The number of carbonyl (C=O) groups excluding carboxylic acids is 1. The first-order valence-electron chi connectivity index (χ1n) is 7.31. The molecule has 0 aromatic carbocycles. The van der Waals surface area contributed by atoms with Crippen molar-refractivity contribution in [2.75, 3.05) is 5.88 Å². The lowest BCUT2D eigenvalue weighted by Gasteiger charge is -2.16. The van der Waals surface area contributed by atoms with Crippen molar-refractivity contribution in [2.45, 2.75) is 45.2 Å². The lowest BCUT2D eigenvalue weighted by molar-refractivity contribution is -0.124. The zero-order valence-corrected chi connectivity index (χ0v) is 13.0. The molecule has 5 nitrogen and oxygen atoms in total. The molecule has 3 rings (SSSR count). The minimum absolute atomic E-state index is 0.0240. The molecule has 2 heterocycles. The van der Waals surface area contributed by atoms with Gasteiger partial charge in [0.25, 0.3) is 0 Å². The lowest BCUT2D eigenvalue weighted by Crippen LogP contribution is -2.33. The maximum absolute atomic E-state index is 12.4. The molecule has 0 spiro atoms. The molecule has 1 N–H and O–H groups in total. The first-order chi connectivity index (χ1) is 10.1. The molecule has 1 fully saturated rings. The van der Waals surface area contributed by atoms with E-state index in [-0.39, 0.29) is 11.9 Å². The van der Waals surface area contributed by atoms with Gasteiger partial charge < -0.3 is 9.88 Å². The predicted octanol–water partition coefficient (Wildman–Crippen LogP) is 2.36. The molecular weight excluding hydrogens is 288 g/mol. The second kappa shape index (κ2) is 5.64. The van der Waals surface area contributed by atoms with Gasteiger partial charge in [-0.15, -0.1) is 11.6 Å². The van der Waals surface area contributed by atoms with Crippen LogP contribution in [0.15, 0.2) is 12.1 Å². The second-order valence-electron chi connectivity index (χ2n) is 5.59. The van der Waals surface area contributed by atoms with E-state index in [9.17, 15) is 4.79 Å². The molecule has 2 aromatic heterocycles. The number of imidazole rings is 1. The van der Waals surface area contributed by atoms with Crippen LogP contribution in [0.4, 0.5) is 0 Å². The Kier molecular flexibility index (Phi) is 3.85. The molecule has 21 heavy (non-hydrogen) atoms. The molecule has 0 saturated heterocycles. The number of pyridine rings is 1. The number of hydrogen-bond acceptors (Lipinski definition) is 3. The van der Waals surface area contributed by atoms with Crippen molar-refractivity contribution in [1.82, 2.24) is 19.9 Å². The normalized spacial score (nSPS) is 16.1. The molecule has 1 aliphatic rings. The van der Waals surface area contributed by atoms with Gasteiger partial charge in [0.15, 0.2) is 5.65 Å². The summed E-state index contributed by atoms with van der Waals surface area (Å²) < 4.78 is 1.92. The van der Waals surface area contributed by atoms with Gasteiger partial charge in [-0.1, -0.05) is 0 Å². The number of rotatable bonds is 5. The number of aryl methyl sites for hydroxylation is 2. The van der Waals surface area contributed by atoms with Gasteiger partial charge in [0.05, 0.1) is 0 Å². The van der Waals surface area contributed by atoms with Crippen molar-refractivity contribution in [3.05, 3.63) is 23.7 Å². The van der Waals surface area contributed by atoms with Gasteiger partial charge in [-0.25, -0.2) is 9.97 Å². The van der Waals surface area contributed by atoms with E-state index < -0.39 is 0 Å². The monoisotopic (exact) mass is 306 g/mol. The molecule has 0 bridgehead atoms. The number of alkyl halides is 1. The van der Waals surface area contributed by atoms with Crippen LogP contribution in [0, 0.1) is 6.92 Å². The van der Waals surface area contributed by atoms with Crippen molar-refractivity contribution < 1.29 is 4.79 Å². The van der Waals surface area contributed by atoms with Crippen molar-refractivity contribution in [3.8, 4) is 0 Å². The predicted molar refractivity (Wildman–Crippen MR) is 82.6 cm³/mol. The molecule has 1 aliphatic carbocycles. The summed E-state index contributed by atoms with van der Waals surface area (Å²) in [7, 11) is 0. The largest absolute Gasteiger partial charge is 0.352 e. The Hall–Kier alpha value is -1.62. The van der Waals surface area contributed by atoms with Gasteiger partial charge in [0, 0.05) is 24.0 Å². The van der Waals surface area contributed by atoms with Crippen LogP contribution in [0.1, 0.15) is 37.3 Å². The topological polar surface area (TPSA) is 59.8 Å². The summed E-state index contributed by atoms with van der Waals surface area (Å²) in [6.45, 7) is 3.83. The van der Waals surface area contributed by atoms with E-state index in [2.05, 4.69) is 15.3 Å². The van der Waals surface area contributed by atoms with Crippen LogP contribution in [0.5, 0.6) is 0 Å². The van der Waals surface area contributed by atoms with E-state index in [1.54, 1.807) is 0 Å². The Morgan fingerprint density at radius 2 is 2.24 bits per heavy atom. The SMILES string of the molecule is Cc1ccc2nc(CCCl)n(C(C)C(=O)NC3CC3)c2n1. The molecule has 2 aromatic rings. The fourth-order valence-corrected chi connectivity index (χ4v) is 2.62. The van der Waals surface area contributed by atoms with Crippen LogP contribution < -0.4 is 5.32 Å². The van der Waals surface area contributed by atoms with E-state index in [1.165, 1.54) is 0 Å². The van der Waals surface area contributed by atoms with Crippen molar-refractivity contribution in [1.29, 1.82) is 0 Å². The zero-order valence-electron chi connectivity index (χ0n) is 12.3. The summed E-state index contributed by atoms with van der Waals surface area (Å²) in [5.41, 5.74) is 2.48. The smallest absolute Gasteiger partial charge is 0.243 e. The molecular formula is C15H19ClN4O. The maximum Gasteiger partial charge on any atom is 0.243 e. The number of aromatic nitrogens is 3. The van der Waals surface area contributed by atoms with Gasteiger partial charge in [-0.3, -0.25) is 4.79 Å². The molecule has 1 saturated carbocycles. The first kappa shape index (κ1) is 14.3. The Balaban J connectivity index is 2.02. The Labute approximate surface area is 128 Å². The van der Waals surface area contributed by atoms with Crippen LogP contribution in [0.25, 0.3) is 11.2 Å². The number of halogens is 1. The highest BCUT2D eigenvalue weighted by atomic mass is 35.5. The molecule has 0 aliphatic heterocycles. The van der Waals surface area contributed by atoms with Crippen molar-refractivity contribution in [2.24, 2.45) is 0 Å². The Morgan fingerprint density at radius 1 is 1.48 bits per heavy atom. The zero-order chi connectivity index (χ0) is 15.0. The highest BCUT2D eigenvalue weighted by molar-refractivity contribution is 6.17. The van der Waals surface area contributed by atoms with Crippen LogP contribution in [0.3, 0.4) is 0 Å². The Morgan fingerprint density at radius 3 is 2.90 bits per heavy atom. The van der Waals surface area contributed by atoms with E-state index >= 15 is 0 Å². The van der Waals surface area contributed by atoms with Crippen LogP contribution in [-0.4, -0.2) is 32.4 Å². The summed E-state index contributed by atoms with van der Waals surface area (Å²) >= 11 is 5.87. The fraction of sp³-hybridized carbons (Fsp3) is 0.533. The summed E-state index contributed by atoms with van der Waals surface area (Å²) in [4.78, 5) is 21.5. The van der Waals surface area contributed by atoms with Gasteiger partial charge in [0.1, 0.15) is 17.4 Å². The molecule has 6 heteroatoms. The summed E-state index contributed by atoms with van der Waals surface area (Å²) in [6, 6.07) is 3.89. The maximum atomic E-state index is 12.4. The van der Waals surface area contributed by atoms with Gasteiger partial charge in [-0.2, -0.15) is 0 Å². The van der Waals surface area contributed by atoms with E-state index in [0.29, 0.717) is 18.3 Å². The number of fused-ring (bicyclic) bond motifs is 1. The van der Waals surface area contributed by atoms with Crippen molar-refractivity contribution >= 4 is 28.7 Å². The molecule has 0 radical (unpaired) electrons. The Bertz CT molecular complexity index is 678. The summed E-state index contributed by atoms with van der Waals surface area (Å²) in [5, 5.41) is 3.04. The number of amides is 1. The highest BCUT2D eigenvalue weighted by Crippen LogP contribution is 2.23. The lowest BCUT2D eigenvalue weighted by atomic mass is 10.2. The minimum Gasteiger partial charge on any atom is -0.352 e. The van der Waals surface area contributed by atoms with E-state index in [0.717, 1.165) is 35.5 Å². The second-order valence-corrected chi connectivity index (χ2v) is 5.97. The fourth-order valence-electron chi connectivity index (χ4n) is 2.45. The average Bonchev–Trinajstić information content (AvgIpc) is 3.19. The molecule has 1 unspecified atom stereocenters. The van der Waals surface area contributed by atoms with Crippen LogP contribution >= 0.6 is 11.6 Å². The third kappa shape index (κ3) is 2.88. The van der Waals surface area contributed by atoms with Crippen LogP contribution in [0.2, 0.25) is 0 Å². The standard InChI is InChI=1S/C15H19ClN4O/c1-9-3-6-12-14(17-9)20(13(19-12)7-8-16)10(2)15(21)18-11-4-5-11/h3,6,10-11H,4-5,7-8H2,1-2H3,(H,18,21). The van der Waals surface area contributed by atoms with E-state index in [4.69, 9.17) is 11.6 Å². The quantitative estimate of drug-likeness (QED) is 0.863.